The molecule has 0 amide bonds. The molecule has 0 bridgehead atoms. The average molecular weight is 387 g/mol. The third-order valence-electron chi connectivity index (χ3n) is 5.84. The van der Waals surface area contributed by atoms with Gasteiger partial charge in [0, 0.05) is 4.92 Å². The quantitative estimate of drug-likeness (QED) is 0.394. The summed E-state index contributed by atoms with van der Waals surface area (Å²) in [6.45, 7) is 2.86. The minimum Gasteiger partial charge on any atom is -0.464 e. The number of hydrogen-bond acceptors (Lipinski definition) is 8. The lowest BCUT2D eigenvalue weighted by molar-refractivity contribution is -0.567. The Morgan fingerprint density at radius 2 is 1.41 bits per heavy atom. The normalized spacial score (nSPS) is 34.7. The zero-order valence-corrected chi connectivity index (χ0v) is 15.9. The smallest absolute Gasteiger partial charge is 0.345 e. The van der Waals surface area contributed by atoms with Gasteiger partial charge in [-0.1, -0.05) is 32.1 Å². The summed E-state index contributed by atoms with van der Waals surface area (Å²) in [5.41, 5.74) is -5.19. The Balaban J connectivity index is 2.49. The molecule has 0 aliphatic heterocycles. The van der Waals surface area contributed by atoms with Crippen LogP contribution in [0.1, 0.15) is 58.8 Å². The third kappa shape index (κ3) is 4.08. The molecule has 9 nitrogen and oxygen atoms in total. The number of hydrogen-bond donors (Lipinski definition) is 2. The summed E-state index contributed by atoms with van der Waals surface area (Å²) >= 11 is 0. The molecule has 0 aromatic heterocycles. The largest absolute Gasteiger partial charge is 0.464 e. The number of carbonyl (C=O) groups excluding carboxylic acids is 2. The Hall–Kier alpha value is -1.74. The molecule has 2 rings (SSSR count). The summed E-state index contributed by atoms with van der Waals surface area (Å²) in [5.74, 6) is -2.73. The Labute approximate surface area is 158 Å². The number of esters is 2. The summed E-state index contributed by atoms with van der Waals surface area (Å²) in [5, 5.41) is 33.9. The molecule has 0 aromatic carbocycles. The van der Waals surface area contributed by atoms with Crippen LogP contribution >= 0.6 is 0 Å². The van der Waals surface area contributed by atoms with Gasteiger partial charge < -0.3 is 19.7 Å². The molecule has 2 aliphatic rings. The van der Waals surface area contributed by atoms with E-state index in [-0.39, 0.29) is 32.0 Å². The highest BCUT2D eigenvalue weighted by molar-refractivity contribution is 5.86. The van der Waals surface area contributed by atoms with Gasteiger partial charge in [0.2, 0.25) is 11.2 Å². The first-order valence-electron chi connectivity index (χ1n) is 9.63. The van der Waals surface area contributed by atoms with Crippen molar-refractivity contribution in [2.45, 2.75) is 76.0 Å². The van der Waals surface area contributed by atoms with Gasteiger partial charge >= 0.3 is 11.9 Å². The molecule has 2 saturated carbocycles. The van der Waals surface area contributed by atoms with Gasteiger partial charge in [-0.25, -0.2) is 9.59 Å². The topological polar surface area (TPSA) is 136 Å². The van der Waals surface area contributed by atoms with Crippen molar-refractivity contribution >= 4 is 11.9 Å². The number of carbonyl (C=O) groups is 2. The summed E-state index contributed by atoms with van der Waals surface area (Å²) in [4.78, 5) is 35.8. The number of ether oxygens (including phenoxy) is 2. The van der Waals surface area contributed by atoms with E-state index in [2.05, 4.69) is 0 Å². The van der Waals surface area contributed by atoms with Crippen LogP contribution < -0.4 is 0 Å². The van der Waals surface area contributed by atoms with Crippen molar-refractivity contribution in [1.29, 1.82) is 0 Å². The summed E-state index contributed by atoms with van der Waals surface area (Å²) in [7, 11) is 0. The predicted molar refractivity (Wildman–Crippen MR) is 93.2 cm³/mol. The molecule has 0 saturated heterocycles. The molecule has 27 heavy (non-hydrogen) atoms. The van der Waals surface area contributed by atoms with Gasteiger partial charge in [0.15, 0.2) is 0 Å². The molecule has 2 aliphatic carbocycles. The molecule has 154 valence electrons. The van der Waals surface area contributed by atoms with Crippen molar-refractivity contribution in [3.8, 4) is 0 Å². The molecule has 0 spiro atoms. The molecule has 2 unspecified atom stereocenters. The van der Waals surface area contributed by atoms with Crippen molar-refractivity contribution in [1.82, 2.24) is 0 Å². The molecule has 9 heteroatoms. The lowest BCUT2D eigenvalue weighted by Gasteiger charge is -2.46. The van der Waals surface area contributed by atoms with Crippen LogP contribution in [0.5, 0.6) is 0 Å². The second kappa shape index (κ2) is 8.52. The monoisotopic (exact) mass is 387 g/mol. The van der Waals surface area contributed by atoms with Gasteiger partial charge in [-0.2, -0.15) is 0 Å². The van der Waals surface area contributed by atoms with Gasteiger partial charge in [0.1, 0.15) is 0 Å². The Morgan fingerprint density at radius 3 is 1.78 bits per heavy atom. The summed E-state index contributed by atoms with van der Waals surface area (Å²) < 4.78 is 9.75. The minimum atomic E-state index is -2.60. The maximum Gasteiger partial charge on any atom is 0.345 e. The van der Waals surface area contributed by atoms with E-state index in [1.807, 2.05) is 0 Å². The summed E-state index contributed by atoms with van der Waals surface area (Å²) in [6, 6.07) is -2.25. The maximum atomic E-state index is 12.5. The molecule has 4 atom stereocenters. The lowest BCUT2D eigenvalue weighted by Crippen LogP contribution is -2.71. The number of nitrogens with zero attached hydrogens (tertiary/aromatic N) is 1. The first kappa shape index (κ1) is 21.6. The van der Waals surface area contributed by atoms with Crippen LogP contribution in [0.2, 0.25) is 0 Å². The lowest BCUT2D eigenvalue weighted by atomic mass is 9.61. The highest BCUT2D eigenvalue weighted by atomic mass is 16.6. The van der Waals surface area contributed by atoms with Crippen molar-refractivity contribution in [2.24, 2.45) is 11.8 Å². The fourth-order valence-corrected chi connectivity index (χ4v) is 4.68. The Bertz CT molecular complexity index is 542. The fourth-order valence-electron chi connectivity index (χ4n) is 4.68. The second-order valence-corrected chi connectivity index (χ2v) is 7.54. The van der Waals surface area contributed by atoms with Crippen LogP contribution in [0.4, 0.5) is 0 Å². The maximum absolute atomic E-state index is 12.5. The van der Waals surface area contributed by atoms with E-state index in [4.69, 9.17) is 9.47 Å². The van der Waals surface area contributed by atoms with Crippen LogP contribution in [0.3, 0.4) is 0 Å². The predicted octanol–water partition coefficient (Wildman–Crippen LogP) is 1.21. The van der Waals surface area contributed by atoms with Crippen LogP contribution in [0, 0.1) is 22.0 Å². The van der Waals surface area contributed by atoms with E-state index in [0.717, 1.165) is 32.1 Å². The SMILES string of the molecule is CCOC(=O)[C@]1(O)CC(C2CCCCC2)C[C@](O)(C(=O)OCC)C1[N+](=O)[O-]. The van der Waals surface area contributed by atoms with Crippen LogP contribution in [-0.4, -0.2) is 57.5 Å². The first-order valence-corrected chi connectivity index (χ1v) is 9.63. The van der Waals surface area contributed by atoms with Crippen LogP contribution in [0.25, 0.3) is 0 Å². The second-order valence-electron chi connectivity index (χ2n) is 7.54. The van der Waals surface area contributed by atoms with Crippen molar-refractivity contribution < 1.29 is 34.2 Å². The van der Waals surface area contributed by atoms with E-state index in [9.17, 15) is 29.9 Å². The van der Waals surface area contributed by atoms with Crippen LogP contribution in [-0.2, 0) is 19.1 Å². The zero-order valence-electron chi connectivity index (χ0n) is 15.9. The Morgan fingerprint density at radius 1 is 0.963 bits per heavy atom. The van der Waals surface area contributed by atoms with E-state index in [0.29, 0.717) is 0 Å². The van der Waals surface area contributed by atoms with E-state index < -0.39 is 40.0 Å². The molecular weight excluding hydrogens is 358 g/mol. The molecule has 0 aromatic rings. The van der Waals surface area contributed by atoms with Crippen molar-refractivity contribution in [3.63, 3.8) is 0 Å². The first-order chi connectivity index (χ1) is 12.7. The van der Waals surface area contributed by atoms with Gasteiger partial charge in [-0.05, 0) is 38.5 Å². The standard InChI is InChI=1S/C18H29NO8/c1-3-26-15(20)17(22)10-13(12-8-6-5-7-9-12)11-18(23,14(17)19(24)25)16(21)27-4-2/h12-14,22-23H,3-11H2,1-2H3/t13?,14?,17-,18+. The minimum absolute atomic E-state index is 0.0633. The highest BCUT2D eigenvalue weighted by Gasteiger charge is 2.71. The number of aliphatic hydroxyl groups is 2. The van der Waals surface area contributed by atoms with E-state index in [1.165, 1.54) is 13.8 Å². The fraction of sp³-hybridized carbons (Fsp3) is 0.889. The molecular formula is C18H29NO8. The van der Waals surface area contributed by atoms with Gasteiger partial charge in [-0.3, -0.25) is 10.1 Å². The number of nitro groups is 1. The zero-order chi connectivity index (χ0) is 20.2. The van der Waals surface area contributed by atoms with Crippen molar-refractivity contribution in [3.05, 3.63) is 10.1 Å². The number of rotatable bonds is 6. The molecule has 0 heterocycles. The average Bonchev–Trinajstić information content (AvgIpc) is 2.62. The van der Waals surface area contributed by atoms with Gasteiger partial charge in [0.25, 0.3) is 6.04 Å². The van der Waals surface area contributed by atoms with E-state index >= 15 is 0 Å². The van der Waals surface area contributed by atoms with Crippen LogP contribution in [0.15, 0.2) is 0 Å². The molecule has 2 N–H and O–H groups in total. The summed E-state index contributed by atoms with van der Waals surface area (Å²) in [6.07, 6.45) is 4.22. The molecule has 0 radical (unpaired) electrons. The molecule has 2 fully saturated rings. The van der Waals surface area contributed by atoms with Gasteiger partial charge in [-0.15, -0.1) is 0 Å². The third-order valence-corrected chi connectivity index (χ3v) is 5.84. The highest BCUT2D eigenvalue weighted by Crippen LogP contribution is 2.47. The van der Waals surface area contributed by atoms with Gasteiger partial charge in [0.05, 0.1) is 13.2 Å². The van der Waals surface area contributed by atoms with Crippen molar-refractivity contribution in [2.75, 3.05) is 13.2 Å². The van der Waals surface area contributed by atoms with E-state index in [1.54, 1.807) is 0 Å². The Kier molecular flexibility index (Phi) is 6.80.